The summed E-state index contributed by atoms with van der Waals surface area (Å²) in [5.74, 6) is -0.00283. The van der Waals surface area contributed by atoms with Gasteiger partial charge in [-0.3, -0.25) is 0 Å². The molecule has 65 heavy (non-hydrogen) atoms. The van der Waals surface area contributed by atoms with Gasteiger partial charge in [-0.05, 0) is 154 Å². The zero-order valence-corrected chi connectivity index (χ0v) is 39.0. The van der Waals surface area contributed by atoms with Crippen LogP contribution in [-0.4, -0.2) is 49.4 Å². The number of nitrogens with zero attached hydrogens (tertiary/aromatic N) is 4. The number of benzene rings is 6. The van der Waals surface area contributed by atoms with Crippen molar-refractivity contribution >= 4 is 59.9 Å². The molecule has 0 spiro atoms. The Bertz CT molecular complexity index is 2520. The van der Waals surface area contributed by atoms with Crippen LogP contribution in [0.25, 0.3) is 0 Å². The molecule has 6 aromatic carbocycles. The van der Waals surface area contributed by atoms with Gasteiger partial charge in [0.05, 0.1) is 33.9 Å². The van der Waals surface area contributed by atoms with Crippen LogP contribution in [0.3, 0.4) is 0 Å². The minimum atomic E-state index is -1.58. The summed E-state index contributed by atoms with van der Waals surface area (Å²) in [5, 5.41) is 35.5. The highest BCUT2D eigenvalue weighted by molar-refractivity contribution is 6.61. The minimum absolute atomic E-state index is 0.303. The van der Waals surface area contributed by atoms with Gasteiger partial charge in [0.1, 0.15) is 11.5 Å². The second kappa shape index (κ2) is 25.7. The van der Waals surface area contributed by atoms with Gasteiger partial charge in [0.2, 0.25) is 0 Å². The number of aryl methyl sites for hydroxylation is 2. The normalized spacial score (nSPS) is 12.0. The van der Waals surface area contributed by atoms with E-state index in [-0.39, 0.29) is 7.12 Å². The molecular formula is C51H58B2N4O8. The fourth-order valence-corrected chi connectivity index (χ4v) is 6.01. The molecular weight excluding hydrogens is 818 g/mol. The van der Waals surface area contributed by atoms with Crippen LogP contribution in [0.5, 0.6) is 11.5 Å². The number of esters is 2. The smallest absolute Gasteiger partial charge is 0.423 e. The number of ether oxygens (including phenoxy) is 2. The summed E-state index contributed by atoms with van der Waals surface area (Å²) >= 11 is 0. The monoisotopic (exact) mass is 876 g/mol. The molecule has 0 amide bonds. The molecule has 0 bridgehead atoms. The summed E-state index contributed by atoms with van der Waals surface area (Å²) < 4.78 is 22.4. The summed E-state index contributed by atoms with van der Waals surface area (Å²) in [4.78, 5) is 25.1. The van der Waals surface area contributed by atoms with E-state index in [1.807, 2.05) is 136 Å². The van der Waals surface area contributed by atoms with Gasteiger partial charge in [-0.2, -0.15) is 20.5 Å². The van der Waals surface area contributed by atoms with Crippen LogP contribution in [-0.2, 0) is 9.31 Å². The lowest BCUT2D eigenvalue weighted by molar-refractivity contribution is 0.0724. The van der Waals surface area contributed by atoms with E-state index in [9.17, 15) is 9.59 Å². The first-order chi connectivity index (χ1) is 31.4. The quantitative estimate of drug-likeness (QED) is 0.0595. The molecule has 0 aromatic heterocycles. The Morgan fingerprint density at radius 3 is 1.28 bits per heavy atom. The number of carbonyl (C=O) groups is 2. The first-order valence-corrected chi connectivity index (χ1v) is 21.8. The Morgan fingerprint density at radius 1 is 0.508 bits per heavy atom. The van der Waals surface area contributed by atoms with E-state index in [4.69, 9.17) is 28.8 Å². The molecule has 0 radical (unpaired) electrons. The Hall–Kier alpha value is -6.57. The highest BCUT2D eigenvalue weighted by atomic mass is 16.6. The van der Waals surface area contributed by atoms with Gasteiger partial charge in [0, 0.05) is 13.2 Å². The van der Waals surface area contributed by atoms with Crippen molar-refractivity contribution in [3.05, 3.63) is 166 Å². The van der Waals surface area contributed by atoms with E-state index < -0.39 is 19.1 Å². The average molecular weight is 877 g/mol. The molecule has 12 nitrogen and oxygen atoms in total. The third-order valence-electron chi connectivity index (χ3n) is 10.1. The van der Waals surface area contributed by atoms with Crippen molar-refractivity contribution in [1.29, 1.82) is 0 Å². The summed E-state index contributed by atoms with van der Waals surface area (Å²) in [6, 6.07) is 35.6. The molecule has 0 atom stereocenters. The van der Waals surface area contributed by atoms with Gasteiger partial charge in [-0.1, -0.05) is 87.4 Å². The SMILES string of the molecule is CC.CC.Cc1ccc(N=Nc2ccc(OC(=O)c3ccc(B(O)O)cc3)c(C)c2C)cc1.Cc1ccc(N=Nc2ccc(OC(=O)c3ccc(B4OCCCO4)cc3)c(C)c2C)cc1. The Balaban J connectivity index is 0.000000266. The Kier molecular flexibility index (Phi) is 20.2. The predicted octanol–water partition coefficient (Wildman–Crippen LogP) is 11.4. The van der Waals surface area contributed by atoms with E-state index in [0.29, 0.717) is 47.0 Å². The lowest BCUT2D eigenvalue weighted by atomic mass is 9.78. The molecule has 14 heteroatoms. The van der Waals surface area contributed by atoms with Crippen molar-refractivity contribution in [2.45, 2.75) is 75.7 Å². The number of hydrogen-bond donors (Lipinski definition) is 2. The molecule has 1 aliphatic rings. The number of rotatable bonds is 10. The summed E-state index contributed by atoms with van der Waals surface area (Å²) in [5.41, 5.74) is 10.7. The fraction of sp³-hybridized carbons (Fsp3) is 0.255. The van der Waals surface area contributed by atoms with E-state index in [2.05, 4.69) is 20.5 Å². The lowest BCUT2D eigenvalue weighted by Crippen LogP contribution is -2.40. The van der Waals surface area contributed by atoms with Crippen LogP contribution in [0.15, 0.2) is 142 Å². The second-order valence-corrected chi connectivity index (χ2v) is 14.6. The Morgan fingerprint density at radius 2 is 0.892 bits per heavy atom. The molecule has 6 aromatic rings. The van der Waals surface area contributed by atoms with Crippen LogP contribution < -0.4 is 20.4 Å². The van der Waals surface area contributed by atoms with Gasteiger partial charge in [0.15, 0.2) is 0 Å². The Labute approximate surface area is 383 Å². The average Bonchev–Trinajstić information content (AvgIpc) is 3.34. The molecule has 1 saturated heterocycles. The van der Waals surface area contributed by atoms with Crippen molar-refractivity contribution < 1.29 is 38.4 Å². The summed E-state index contributed by atoms with van der Waals surface area (Å²) in [6.45, 7) is 21.0. The predicted molar refractivity (Wildman–Crippen MR) is 260 cm³/mol. The van der Waals surface area contributed by atoms with Crippen molar-refractivity contribution in [2.24, 2.45) is 20.5 Å². The van der Waals surface area contributed by atoms with E-state index >= 15 is 0 Å². The maximum Gasteiger partial charge on any atom is 0.493 e. The highest BCUT2D eigenvalue weighted by Gasteiger charge is 2.25. The second-order valence-electron chi connectivity index (χ2n) is 14.6. The number of azo groups is 2. The zero-order chi connectivity index (χ0) is 47.5. The van der Waals surface area contributed by atoms with Gasteiger partial charge < -0.3 is 28.8 Å². The van der Waals surface area contributed by atoms with Crippen LogP contribution in [0.1, 0.15) is 88.2 Å². The van der Waals surface area contributed by atoms with Crippen molar-refractivity contribution in [3.63, 3.8) is 0 Å². The molecule has 336 valence electrons. The third-order valence-corrected chi connectivity index (χ3v) is 10.1. The molecule has 1 aliphatic heterocycles. The summed E-state index contributed by atoms with van der Waals surface area (Å²) in [7, 11) is -1.95. The van der Waals surface area contributed by atoms with Gasteiger partial charge in [-0.15, -0.1) is 0 Å². The minimum Gasteiger partial charge on any atom is -0.423 e. The lowest BCUT2D eigenvalue weighted by Gasteiger charge is -2.19. The van der Waals surface area contributed by atoms with E-state index in [1.54, 1.807) is 30.3 Å². The van der Waals surface area contributed by atoms with Crippen LogP contribution in [0, 0.1) is 41.5 Å². The molecule has 0 saturated carbocycles. The molecule has 1 fully saturated rings. The number of carbonyl (C=O) groups excluding carboxylic acids is 2. The molecule has 0 unspecified atom stereocenters. The van der Waals surface area contributed by atoms with Gasteiger partial charge >= 0.3 is 26.2 Å². The molecule has 2 N–H and O–H groups in total. The first kappa shape index (κ1) is 51.1. The third kappa shape index (κ3) is 14.7. The van der Waals surface area contributed by atoms with Crippen LogP contribution >= 0.6 is 0 Å². The molecule has 7 rings (SSSR count). The van der Waals surface area contributed by atoms with Gasteiger partial charge in [0.25, 0.3) is 0 Å². The van der Waals surface area contributed by atoms with Crippen molar-refractivity contribution in [2.75, 3.05) is 13.2 Å². The topological polar surface area (TPSA) is 161 Å². The maximum absolute atomic E-state index is 12.7. The largest absolute Gasteiger partial charge is 0.493 e. The maximum atomic E-state index is 12.7. The van der Waals surface area contributed by atoms with Crippen molar-refractivity contribution in [1.82, 2.24) is 0 Å². The van der Waals surface area contributed by atoms with E-state index in [1.165, 1.54) is 29.8 Å². The molecule has 0 aliphatic carbocycles. The van der Waals surface area contributed by atoms with Crippen molar-refractivity contribution in [3.8, 4) is 11.5 Å². The van der Waals surface area contributed by atoms with Crippen LogP contribution in [0.2, 0.25) is 0 Å². The zero-order valence-electron chi connectivity index (χ0n) is 39.0. The highest BCUT2D eigenvalue weighted by Crippen LogP contribution is 2.32. The number of hydrogen-bond acceptors (Lipinski definition) is 12. The van der Waals surface area contributed by atoms with E-state index in [0.717, 1.165) is 56.8 Å². The standard InChI is InChI=1S/C25H25BN2O4.C22H21BN2O4.2C2H6/c1-17-5-11-22(12-6-17)27-28-23-13-14-24(19(3)18(23)2)32-25(29)20-7-9-21(10-8-20)26-30-15-4-16-31-26;1-14-4-10-19(11-5-14)24-25-20-12-13-21(16(3)15(20)2)29-22(26)17-6-8-18(9-7-17)23(27)28;2*1-2/h5-14H,4,15-16H2,1-3H3;4-13,27-28H,1-3H3;2*1-2H3. The van der Waals surface area contributed by atoms with Gasteiger partial charge in [-0.25, -0.2) is 9.59 Å². The van der Waals surface area contributed by atoms with Crippen LogP contribution in [0.4, 0.5) is 22.7 Å². The molecule has 1 heterocycles. The first-order valence-electron chi connectivity index (χ1n) is 21.8. The summed E-state index contributed by atoms with van der Waals surface area (Å²) in [6.07, 6.45) is 0.895. The fourth-order valence-electron chi connectivity index (χ4n) is 6.01.